The van der Waals surface area contributed by atoms with Crippen LogP contribution in [0.15, 0.2) is 34.9 Å². The zero-order chi connectivity index (χ0) is 14.5. The maximum Gasteiger partial charge on any atom is 0.222 e. The third-order valence-corrected chi connectivity index (χ3v) is 3.11. The van der Waals surface area contributed by atoms with Gasteiger partial charge in [-0.25, -0.2) is 0 Å². The Kier molecular flexibility index (Phi) is 4.40. The highest BCUT2D eigenvalue weighted by Gasteiger charge is 2.11. The van der Waals surface area contributed by atoms with Crippen molar-refractivity contribution in [1.29, 1.82) is 0 Å². The summed E-state index contributed by atoms with van der Waals surface area (Å²) in [5.41, 5.74) is 8.24. The number of nitrogen functional groups attached to an aromatic ring is 1. The third kappa shape index (κ3) is 3.85. The molecule has 1 heterocycles. The predicted octanol–water partition coefficient (Wildman–Crippen LogP) is 2.16. The SMILES string of the molecule is Cc1cc(CN(C)C(=O)CCc2ccc(N)cc2)no1. The van der Waals surface area contributed by atoms with Crippen LogP contribution in [-0.2, 0) is 17.8 Å². The second kappa shape index (κ2) is 6.23. The van der Waals surface area contributed by atoms with Crippen molar-refractivity contribution in [3.63, 3.8) is 0 Å². The quantitative estimate of drug-likeness (QED) is 0.847. The molecular weight excluding hydrogens is 254 g/mol. The second-order valence-corrected chi connectivity index (χ2v) is 4.92. The number of aromatic nitrogens is 1. The Balaban J connectivity index is 1.83. The van der Waals surface area contributed by atoms with Gasteiger partial charge >= 0.3 is 0 Å². The zero-order valence-electron chi connectivity index (χ0n) is 11.8. The van der Waals surface area contributed by atoms with E-state index in [4.69, 9.17) is 10.3 Å². The van der Waals surface area contributed by atoms with E-state index in [1.54, 1.807) is 11.9 Å². The summed E-state index contributed by atoms with van der Waals surface area (Å²) in [6, 6.07) is 9.43. The van der Waals surface area contributed by atoms with Crippen molar-refractivity contribution in [2.75, 3.05) is 12.8 Å². The highest BCUT2D eigenvalue weighted by Crippen LogP contribution is 2.10. The summed E-state index contributed by atoms with van der Waals surface area (Å²) < 4.78 is 4.99. The van der Waals surface area contributed by atoms with Crippen molar-refractivity contribution < 1.29 is 9.32 Å². The third-order valence-electron chi connectivity index (χ3n) is 3.11. The van der Waals surface area contributed by atoms with Gasteiger partial charge in [-0.15, -0.1) is 0 Å². The molecule has 2 N–H and O–H groups in total. The molecule has 20 heavy (non-hydrogen) atoms. The Morgan fingerprint density at radius 2 is 2.05 bits per heavy atom. The minimum atomic E-state index is 0.0856. The number of aryl methyl sites for hydroxylation is 2. The van der Waals surface area contributed by atoms with Crippen molar-refractivity contribution >= 4 is 11.6 Å². The maximum atomic E-state index is 12.0. The smallest absolute Gasteiger partial charge is 0.222 e. The molecule has 0 atom stereocenters. The number of nitrogens with zero attached hydrogens (tertiary/aromatic N) is 2. The van der Waals surface area contributed by atoms with Crippen molar-refractivity contribution in [2.24, 2.45) is 0 Å². The lowest BCUT2D eigenvalue weighted by Crippen LogP contribution is -2.26. The van der Waals surface area contributed by atoms with E-state index in [0.29, 0.717) is 19.4 Å². The molecule has 0 fully saturated rings. The van der Waals surface area contributed by atoms with Crippen LogP contribution >= 0.6 is 0 Å². The molecule has 0 saturated heterocycles. The molecule has 0 aliphatic rings. The molecule has 1 amide bonds. The number of carbonyl (C=O) groups excluding carboxylic acids is 1. The van der Waals surface area contributed by atoms with E-state index in [9.17, 15) is 4.79 Å². The van der Waals surface area contributed by atoms with Crippen molar-refractivity contribution in [2.45, 2.75) is 26.3 Å². The molecule has 0 aliphatic heterocycles. The average molecular weight is 273 g/mol. The number of anilines is 1. The first-order valence-corrected chi connectivity index (χ1v) is 6.55. The molecule has 0 saturated carbocycles. The molecule has 0 spiro atoms. The first-order chi connectivity index (χ1) is 9.54. The number of benzene rings is 1. The van der Waals surface area contributed by atoms with Crippen LogP contribution < -0.4 is 5.73 Å². The monoisotopic (exact) mass is 273 g/mol. The number of nitrogens with two attached hydrogens (primary N) is 1. The van der Waals surface area contributed by atoms with Gasteiger partial charge in [0.25, 0.3) is 0 Å². The first kappa shape index (κ1) is 14.1. The number of hydrogen-bond donors (Lipinski definition) is 1. The van der Waals surface area contributed by atoms with Gasteiger partial charge in [0.1, 0.15) is 11.5 Å². The van der Waals surface area contributed by atoms with Crippen molar-refractivity contribution in [3.8, 4) is 0 Å². The van der Waals surface area contributed by atoms with Gasteiger partial charge in [-0.05, 0) is 31.0 Å². The topological polar surface area (TPSA) is 72.4 Å². The van der Waals surface area contributed by atoms with E-state index >= 15 is 0 Å². The van der Waals surface area contributed by atoms with E-state index in [1.807, 2.05) is 37.3 Å². The Morgan fingerprint density at radius 1 is 1.35 bits per heavy atom. The summed E-state index contributed by atoms with van der Waals surface area (Å²) in [6.45, 7) is 2.30. The van der Waals surface area contributed by atoms with Crippen molar-refractivity contribution in [1.82, 2.24) is 10.1 Å². The van der Waals surface area contributed by atoms with Gasteiger partial charge in [0.05, 0.1) is 6.54 Å². The fraction of sp³-hybridized carbons (Fsp3) is 0.333. The Bertz CT molecular complexity index is 575. The van der Waals surface area contributed by atoms with Gasteiger partial charge in [-0.2, -0.15) is 0 Å². The second-order valence-electron chi connectivity index (χ2n) is 4.92. The van der Waals surface area contributed by atoms with Crippen LogP contribution in [0.3, 0.4) is 0 Å². The summed E-state index contributed by atoms with van der Waals surface area (Å²) in [6.07, 6.45) is 1.18. The largest absolute Gasteiger partial charge is 0.399 e. The maximum absolute atomic E-state index is 12.0. The van der Waals surface area contributed by atoms with E-state index in [0.717, 1.165) is 22.7 Å². The molecule has 0 aliphatic carbocycles. The fourth-order valence-corrected chi connectivity index (χ4v) is 1.95. The van der Waals surface area contributed by atoms with Gasteiger partial charge in [-0.1, -0.05) is 17.3 Å². The number of hydrogen-bond acceptors (Lipinski definition) is 4. The summed E-state index contributed by atoms with van der Waals surface area (Å²) in [5.74, 6) is 0.838. The standard InChI is InChI=1S/C15H19N3O2/c1-11-9-14(17-20-11)10-18(2)15(19)8-5-12-3-6-13(16)7-4-12/h3-4,6-7,9H,5,8,10,16H2,1-2H3. The molecule has 0 bridgehead atoms. The summed E-state index contributed by atoms with van der Waals surface area (Å²) in [4.78, 5) is 13.7. The summed E-state index contributed by atoms with van der Waals surface area (Å²) in [5, 5.41) is 3.88. The van der Waals surface area contributed by atoms with Crippen LogP contribution in [0.1, 0.15) is 23.4 Å². The van der Waals surface area contributed by atoms with Crippen molar-refractivity contribution in [3.05, 3.63) is 47.3 Å². The van der Waals surface area contributed by atoms with Gasteiger partial charge in [0, 0.05) is 25.2 Å². The van der Waals surface area contributed by atoms with Gasteiger partial charge in [-0.3, -0.25) is 4.79 Å². The van der Waals surface area contributed by atoms with Gasteiger partial charge in [0.15, 0.2) is 0 Å². The molecule has 1 aromatic heterocycles. The summed E-state index contributed by atoms with van der Waals surface area (Å²) >= 11 is 0. The molecule has 0 radical (unpaired) electrons. The van der Waals surface area contributed by atoms with E-state index in [-0.39, 0.29) is 5.91 Å². The van der Waals surface area contributed by atoms with E-state index in [1.165, 1.54) is 0 Å². The number of rotatable bonds is 5. The van der Waals surface area contributed by atoms with Crippen LogP contribution in [0.2, 0.25) is 0 Å². The van der Waals surface area contributed by atoms with Gasteiger partial charge < -0.3 is 15.2 Å². The molecule has 0 unspecified atom stereocenters. The molecule has 2 rings (SSSR count). The van der Waals surface area contributed by atoms with Crippen LogP contribution in [-0.4, -0.2) is 23.0 Å². The normalized spacial score (nSPS) is 10.5. The van der Waals surface area contributed by atoms with E-state index in [2.05, 4.69) is 5.16 Å². The minimum Gasteiger partial charge on any atom is -0.399 e. The molecule has 106 valence electrons. The average Bonchev–Trinajstić information content (AvgIpc) is 2.83. The molecule has 5 heteroatoms. The predicted molar refractivity (Wildman–Crippen MR) is 76.9 cm³/mol. The lowest BCUT2D eigenvalue weighted by atomic mass is 10.1. The highest BCUT2D eigenvalue weighted by molar-refractivity contribution is 5.76. The lowest BCUT2D eigenvalue weighted by Gasteiger charge is -2.15. The summed E-state index contributed by atoms with van der Waals surface area (Å²) in [7, 11) is 1.77. The fourth-order valence-electron chi connectivity index (χ4n) is 1.95. The highest BCUT2D eigenvalue weighted by atomic mass is 16.5. The lowest BCUT2D eigenvalue weighted by molar-refractivity contribution is -0.130. The van der Waals surface area contributed by atoms with Crippen LogP contribution in [0.25, 0.3) is 0 Å². The van der Waals surface area contributed by atoms with Crippen LogP contribution in [0.4, 0.5) is 5.69 Å². The first-order valence-electron chi connectivity index (χ1n) is 6.55. The zero-order valence-corrected chi connectivity index (χ0v) is 11.8. The Labute approximate surface area is 118 Å². The number of carbonyl (C=O) groups is 1. The van der Waals surface area contributed by atoms with Crippen LogP contribution in [0, 0.1) is 6.92 Å². The Morgan fingerprint density at radius 3 is 2.65 bits per heavy atom. The molecule has 1 aromatic carbocycles. The number of amides is 1. The molecular formula is C15H19N3O2. The molecule has 5 nitrogen and oxygen atoms in total. The van der Waals surface area contributed by atoms with Crippen LogP contribution in [0.5, 0.6) is 0 Å². The van der Waals surface area contributed by atoms with E-state index < -0.39 is 0 Å². The minimum absolute atomic E-state index is 0.0856. The molecule has 2 aromatic rings. The Hall–Kier alpha value is -2.30. The van der Waals surface area contributed by atoms with Gasteiger partial charge in [0.2, 0.25) is 5.91 Å².